The first-order valence-electron chi connectivity index (χ1n) is 10.8. The minimum Gasteiger partial charge on any atom is -0.493 e. The van der Waals surface area contributed by atoms with E-state index in [2.05, 4.69) is 4.98 Å². The second-order valence-corrected chi connectivity index (χ2v) is 7.93. The molecule has 2 aromatic heterocycles. The van der Waals surface area contributed by atoms with Gasteiger partial charge in [0.15, 0.2) is 16.9 Å². The molecule has 1 atom stereocenters. The maximum atomic E-state index is 14.0. The highest BCUT2D eigenvalue weighted by Crippen LogP contribution is 2.42. The number of carbonyl (C=O) groups excluding carboxylic acids is 1. The van der Waals surface area contributed by atoms with E-state index in [1.807, 2.05) is 19.9 Å². The number of benzene rings is 2. The van der Waals surface area contributed by atoms with E-state index < -0.39 is 23.2 Å². The van der Waals surface area contributed by atoms with Gasteiger partial charge in [0.1, 0.15) is 17.2 Å². The molecule has 7 nitrogen and oxygen atoms in total. The lowest BCUT2D eigenvalue weighted by Gasteiger charge is -2.25. The van der Waals surface area contributed by atoms with E-state index in [1.165, 1.54) is 24.1 Å². The van der Waals surface area contributed by atoms with Gasteiger partial charge in [0.2, 0.25) is 5.76 Å². The first-order valence-corrected chi connectivity index (χ1v) is 10.8. The van der Waals surface area contributed by atoms with Gasteiger partial charge in [-0.1, -0.05) is 12.1 Å². The zero-order valence-corrected chi connectivity index (χ0v) is 18.8. The van der Waals surface area contributed by atoms with Crippen molar-refractivity contribution in [2.24, 2.45) is 0 Å². The number of methoxy groups -OCH3 is 1. The van der Waals surface area contributed by atoms with Crippen molar-refractivity contribution in [3.63, 3.8) is 0 Å². The van der Waals surface area contributed by atoms with Crippen LogP contribution in [0.4, 0.5) is 10.2 Å². The molecule has 1 unspecified atom stereocenters. The molecule has 2 aromatic carbocycles. The van der Waals surface area contributed by atoms with Crippen LogP contribution in [0.25, 0.3) is 11.0 Å². The lowest BCUT2D eigenvalue weighted by molar-refractivity contribution is 0.0970. The van der Waals surface area contributed by atoms with Crippen LogP contribution in [0.2, 0.25) is 0 Å². The Hall–Kier alpha value is -4.20. The number of aryl methyl sites for hydroxylation is 1. The predicted octanol–water partition coefficient (Wildman–Crippen LogP) is 4.79. The molecule has 3 heterocycles. The van der Waals surface area contributed by atoms with Crippen molar-refractivity contribution in [2.75, 3.05) is 18.6 Å². The molecule has 0 aliphatic carbocycles. The highest BCUT2D eigenvalue weighted by molar-refractivity contribution is 6.10. The van der Waals surface area contributed by atoms with Gasteiger partial charge >= 0.3 is 0 Å². The topological polar surface area (TPSA) is 81.9 Å². The van der Waals surface area contributed by atoms with Crippen LogP contribution in [0.1, 0.15) is 40.2 Å². The molecule has 0 spiro atoms. The zero-order chi connectivity index (χ0) is 24.0. The number of anilines is 1. The number of hydrogen-bond acceptors (Lipinski definition) is 6. The molecule has 0 saturated heterocycles. The van der Waals surface area contributed by atoms with Gasteiger partial charge in [0.25, 0.3) is 5.91 Å². The number of nitrogens with zero attached hydrogens (tertiary/aromatic N) is 2. The van der Waals surface area contributed by atoms with Gasteiger partial charge < -0.3 is 13.9 Å². The minimum atomic E-state index is -0.855. The third-order valence-electron chi connectivity index (χ3n) is 5.78. The highest BCUT2D eigenvalue weighted by Gasteiger charge is 2.44. The molecule has 1 amide bonds. The Morgan fingerprint density at radius 2 is 1.91 bits per heavy atom. The van der Waals surface area contributed by atoms with Gasteiger partial charge in [-0.3, -0.25) is 14.5 Å². The number of fused-ring (bicyclic) bond motifs is 2. The van der Waals surface area contributed by atoms with E-state index in [0.717, 1.165) is 11.6 Å². The van der Waals surface area contributed by atoms with Crippen LogP contribution in [0.3, 0.4) is 0 Å². The zero-order valence-electron chi connectivity index (χ0n) is 18.8. The quantitative estimate of drug-likeness (QED) is 0.426. The predicted molar refractivity (Wildman–Crippen MR) is 124 cm³/mol. The maximum Gasteiger partial charge on any atom is 0.296 e. The Morgan fingerprint density at radius 3 is 2.62 bits per heavy atom. The molecular formula is C26H21FN2O5. The molecule has 5 rings (SSSR count). The largest absolute Gasteiger partial charge is 0.493 e. The van der Waals surface area contributed by atoms with Crippen LogP contribution in [0, 0.1) is 12.7 Å². The number of carbonyl (C=O) groups is 1. The van der Waals surface area contributed by atoms with Crippen molar-refractivity contribution < 1.29 is 23.1 Å². The summed E-state index contributed by atoms with van der Waals surface area (Å²) in [5, 5.41) is 0.0631. The second-order valence-electron chi connectivity index (χ2n) is 7.93. The van der Waals surface area contributed by atoms with Gasteiger partial charge in [0.05, 0.1) is 30.7 Å². The fourth-order valence-corrected chi connectivity index (χ4v) is 4.23. The number of ether oxygens (including phenoxy) is 2. The van der Waals surface area contributed by atoms with E-state index in [0.29, 0.717) is 29.5 Å². The molecular weight excluding hydrogens is 439 g/mol. The van der Waals surface area contributed by atoms with Gasteiger partial charge in [-0.2, -0.15) is 0 Å². The van der Waals surface area contributed by atoms with Crippen molar-refractivity contribution in [1.29, 1.82) is 0 Å². The molecule has 1 aliphatic heterocycles. The third-order valence-corrected chi connectivity index (χ3v) is 5.78. The van der Waals surface area contributed by atoms with Gasteiger partial charge in [0, 0.05) is 6.20 Å². The van der Waals surface area contributed by atoms with Crippen LogP contribution in [-0.4, -0.2) is 24.6 Å². The number of pyridine rings is 1. The molecule has 0 fully saturated rings. The lowest BCUT2D eigenvalue weighted by atomic mass is 9.98. The van der Waals surface area contributed by atoms with Crippen molar-refractivity contribution in [3.8, 4) is 11.5 Å². The summed E-state index contributed by atoms with van der Waals surface area (Å²) in [4.78, 5) is 33.0. The summed E-state index contributed by atoms with van der Waals surface area (Å²) in [6, 6.07) is 11.5. The molecule has 0 bridgehead atoms. The standard InChI is InChI=1S/C26H21FN2O5/c1-4-33-19-8-6-15(11-20(19)32-3)23-22-24(30)17-12-16(27)7-9-18(17)34-25(22)26(31)29(23)21-10-5-14(2)13-28-21/h5-13,23H,4H2,1-3H3. The average Bonchev–Trinajstić information content (AvgIpc) is 3.13. The summed E-state index contributed by atoms with van der Waals surface area (Å²) < 4.78 is 30.9. The minimum absolute atomic E-state index is 0.0631. The molecule has 0 saturated carbocycles. The summed E-state index contributed by atoms with van der Waals surface area (Å²) in [6.07, 6.45) is 1.64. The molecule has 4 aromatic rings. The molecule has 172 valence electrons. The van der Waals surface area contributed by atoms with E-state index in [1.54, 1.807) is 30.5 Å². The Bertz CT molecular complexity index is 1480. The monoisotopic (exact) mass is 460 g/mol. The third kappa shape index (κ3) is 3.39. The van der Waals surface area contributed by atoms with Crippen LogP contribution >= 0.6 is 0 Å². The fraction of sp³-hybridized carbons (Fsp3) is 0.192. The Morgan fingerprint density at radius 1 is 1.09 bits per heavy atom. The van der Waals surface area contributed by atoms with Crippen LogP contribution in [-0.2, 0) is 0 Å². The van der Waals surface area contributed by atoms with Crippen molar-refractivity contribution >= 4 is 22.7 Å². The normalized spacial score (nSPS) is 15.0. The molecule has 1 aliphatic rings. The molecule has 8 heteroatoms. The Labute approximate surface area is 194 Å². The van der Waals surface area contributed by atoms with Crippen LogP contribution < -0.4 is 19.8 Å². The first kappa shape index (κ1) is 21.6. The van der Waals surface area contributed by atoms with Crippen molar-refractivity contribution in [1.82, 2.24) is 4.98 Å². The van der Waals surface area contributed by atoms with Gasteiger partial charge in [-0.15, -0.1) is 0 Å². The molecule has 34 heavy (non-hydrogen) atoms. The maximum absolute atomic E-state index is 14.0. The van der Waals surface area contributed by atoms with E-state index in [9.17, 15) is 14.0 Å². The fourth-order valence-electron chi connectivity index (χ4n) is 4.23. The number of aromatic nitrogens is 1. The number of amides is 1. The van der Waals surface area contributed by atoms with Crippen molar-refractivity contribution in [3.05, 3.63) is 93.2 Å². The van der Waals surface area contributed by atoms with Gasteiger partial charge in [-0.05, 0) is 61.4 Å². The summed E-state index contributed by atoms with van der Waals surface area (Å²) >= 11 is 0. The summed E-state index contributed by atoms with van der Waals surface area (Å²) in [5.74, 6) is 0.172. The first-order chi connectivity index (χ1) is 16.4. The average molecular weight is 460 g/mol. The van der Waals surface area contributed by atoms with E-state index in [-0.39, 0.29) is 22.3 Å². The SMILES string of the molecule is CCOc1ccc(C2c3c(oc4ccc(F)cc4c3=O)C(=O)N2c2ccc(C)cn2)cc1OC. The summed E-state index contributed by atoms with van der Waals surface area (Å²) in [6.45, 7) is 4.19. The number of halogens is 1. The van der Waals surface area contributed by atoms with Crippen molar-refractivity contribution in [2.45, 2.75) is 19.9 Å². The Kier molecular flexibility index (Phi) is 5.28. The van der Waals surface area contributed by atoms with Gasteiger partial charge in [-0.25, -0.2) is 9.37 Å². The summed E-state index contributed by atoms with van der Waals surface area (Å²) in [7, 11) is 1.51. The smallest absolute Gasteiger partial charge is 0.296 e. The summed E-state index contributed by atoms with van der Waals surface area (Å²) in [5.41, 5.74) is 1.30. The second kappa shape index (κ2) is 8.30. The Balaban J connectivity index is 1.78. The highest BCUT2D eigenvalue weighted by atomic mass is 19.1. The van der Waals surface area contributed by atoms with Crippen LogP contribution in [0.15, 0.2) is 63.9 Å². The molecule has 0 radical (unpaired) electrons. The number of rotatable bonds is 5. The molecule has 0 N–H and O–H groups in total. The number of hydrogen-bond donors (Lipinski definition) is 0. The van der Waals surface area contributed by atoms with E-state index in [4.69, 9.17) is 13.9 Å². The van der Waals surface area contributed by atoms with E-state index >= 15 is 0 Å². The van der Waals surface area contributed by atoms with Crippen LogP contribution in [0.5, 0.6) is 11.5 Å². The lowest BCUT2D eigenvalue weighted by Crippen LogP contribution is -2.30.